The van der Waals surface area contributed by atoms with E-state index in [0.717, 1.165) is 37.6 Å². The molecule has 1 saturated carbocycles. The molecule has 1 aliphatic heterocycles. The highest BCUT2D eigenvalue weighted by molar-refractivity contribution is 5.92. The Labute approximate surface area is 187 Å². The van der Waals surface area contributed by atoms with Gasteiger partial charge in [0.2, 0.25) is 11.8 Å². The van der Waals surface area contributed by atoms with Crippen LogP contribution in [0.4, 0.5) is 10.2 Å². The third-order valence-corrected chi connectivity index (χ3v) is 6.40. The Kier molecular flexibility index (Phi) is 5.76. The molecule has 2 aromatic heterocycles. The summed E-state index contributed by atoms with van der Waals surface area (Å²) in [5, 5.41) is 15.3. The Bertz CT molecular complexity index is 1110. The number of fused-ring (bicyclic) bond motifs is 1. The van der Waals surface area contributed by atoms with Crippen LogP contribution < -0.4 is 10.6 Å². The van der Waals surface area contributed by atoms with Gasteiger partial charge in [0.05, 0.1) is 17.5 Å². The minimum atomic E-state index is -0.499. The standard InChI is InChI=1S/C24H28FN5O2/c1-14(31)28-17-6-4-5-15(7-17)23(32)29-22-9-18(19(25)12-27-22)20-8-16(11-26)21-10-24(2,3)13-30(20)21/h8-9,12,15,17H,4-7,10,13H2,1-3H3,(H,28,31)(H,27,29,32)/t15-,17+/m0/s1. The summed E-state index contributed by atoms with van der Waals surface area (Å²) in [6, 6.07) is 5.47. The van der Waals surface area contributed by atoms with E-state index in [1.807, 2.05) is 4.57 Å². The van der Waals surface area contributed by atoms with Crippen LogP contribution in [0.2, 0.25) is 0 Å². The first-order chi connectivity index (χ1) is 15.2. The highest BCUT2D eigenvalue weighted by Gasteiger charge is 2.34. The van der Waals surface area contributed by atoms with Gasteiger partial charge in [-0.25, -0.2) is 9.37 Å². The number of carbonyl (C=O) groups is 2. The minimum absolute atomic E-state index is 0.00944. The van der Waals surface area contributed by atoms with Gasteiger partial charge in [-0.2, -0.15) is 5.26 Å². The summed E-state index contributed by atoms with van der Waals surface area (Å²) in [5.74, 6) is -0.732. The number of amides is 2. The van der Waals surface area contributed by atoms with E-state index in [1.165, 1.54) is 13.0 Å². The van der Waals surface area contributed by atoms with Crippen molar-refractivity contribution in [1.29, 1.82) is 5.26 Å². The zero-order valence-electron chi connectivity index (χ0n) is 18.7. The van der Waals surface area contributed by atoms with Crippen molar-refractivity contribution in [2.24, 2.45) is 11.3 Å². The number of pyridine rings is 1. The number of anilines is 1. The minimum Gasteiger partial charge on any atom is -0.354 e. The van der Waals surface area contributed by atoms with E-state index in [-0.39, 0.29) is 35.0 Å². The maximum absolute atomic E-state index is 14.8. The van der Waals surface area contributed by atoms with Crippen molar-refractivity contribution in [2.75, 3.05) is 5.32 Å². The third kappa shape index (κ3) is 4.38. The summed E-state index contributed by atoms with van der Waals surface area (Å²) in [7, 11) is 0. The van der Waals surface area contributed by atoms with Crippen LogP contribution in [-0.2, 0) is 22.6 Å². The molecule has 0 unspecified atom stereocenters. The molecule has 3 heterocycles. The van der Waals surface area contributed by atoms with Crippen molar-refractivity contribution in [3.05, 3.63) is 35.4 Å². The van der Waals surface area contributed by atoms with Crippen molar-refractivity contribution in [3.8, 4) is 17.3 Å². The Balaban J connectivity index is 1.57. The molecule has 0 aromatic carbocycles. The lowest BCUT2D eigenvalue weighted by atomic mass is 9.85. The fourth-order valence-electron chi connectivity index (χ4n) is 5.00. The molecule has 168 valence electrons. The lowest BCUT2D eigenvalue weighted by Crippen LogP contribution is -2.40. The van der Waals surface area contributed by atoms with Gasteiger partial charge in [-0.3, -0.25) is 9.59 Å². The van der Waals surface area contributed by atoms with Gasteiger partial charge >= 0.3 is 0 Å². The summed E-state index contributed by atoms with van der Waals surface area (Å²) < 4.78 is 16.8. The molecule has 0 spiro atoms. The van der Waals surface area contributed by atoms with Gasteiger partial charge in [0, 0.05) is 36.7 Å². The number of hydrogen-bond donors (Lipinski definition) is 2. The molecule has 8 heteroatoms. The maximum atomic E-state index is 14.8. The summed E-state index contributed by atoms with van der Waals surface area (Å²) >= 11 is 0. The zero-order valence-corrected chi connectivity index (χ0v) is 18.7. The molecule has 2 atom stereocenters. The number of nitrogens with one attached hydrogen (secondary N) is 2. The average molecular weight is 438 g/mol. The number of rotatable bonds is 4. The highest BCUT2D eigenvalue weighted by atomic mass is 19.1. The van der Waals surface area contributed by atoms with Crippen LogP contribution >= 0.6 is 0 Å². The third-order valence-electron chi connectivity index (χ3n) is 6.40. The molecule has 2 amide bonds. The van der Waals surface area contributed by atoms with Gasteiger partial charge in [-0.05, 0) is 43.2 Å². The first-order valence-corrected chi connectivity index (χ1v) is 11.0. The lowest BCUT2D eigenvalue weighted by Gasteiger charge is -2.28. The van der Waals surface area contributed by atoms with E-state index in [0.29, 0.717) is 29.8 Å². The van der Waals surface area contributed by atoms with Crippen LogP contribution in [0.3, 0.4) is 0 Å². The van der Waals surface area contributed by atoms with Gasteiger partial charge in [-0.15, -0.1) is 0 Å². The second-order valence-electron chi connectivity index (χ2n) is 9.73. The van der Waals surface area contributed by atoms with E-state index in [1.54, 1.807) is 6.07 Å². The van der Waals surface area contributed by atoms with Crippen LogP contribution in [0.1, 0.15) is 57.7 Å². The van der Waals surface area contributed by atoms with E-state index >= 15 is 0 Å². The zero-order chi connectivity index (χ0) is 23.0. The van der Waals surface area contributed by atoms with Crippen LogP contribution in [-0.4, -0.2) is 27.4 Å². The number of nitriles is 1. The summed E-state index contributed by atoms with van der Waals surface area (Å²) in [5.41, 5.74) is 2.40. The van der Waals surface area contributed by atoms with Gasteiger partial charge in [0.1, 0.15) is 11.9 Å². The Hall–Kier alpha value is -3.21. The van der Waals surface area contributed by atoms with E-state index in [9.17, 15) is 19.2 Å². The molecule has 1 aliphatic carbocycles. The fourth-order valence-corrected chi connectivity index (χ4v) is 5.00. The quantitative estimate of drug-likeness (QED) is 0.760. The van der Waals surface area contributed by atoms with Crippen LogP contribution in [0.15, 0.2) is 18.3 Å². The van der Waals surface area contributed by atoms with Gasteiger partial charge < -0.3 is 15.2 Å². The second kappa shape index (κ2) is 8.38. The molecule has 4 rings (SSSR count). The van der Waals surface area contributed by atoms with Gasteiger partial charge in [0.25, 0.3) is 0 Å². The van der Waals surface area contributed by atoms with E-state index < -0.39 is 5.82 Å². The summed E-state index contributed by atoms with van der Waals surface area (Å²) in [6.07, 6.45) is 4.89. The smallest absolute Gasteiger partial charge is 0.228 e. The molecule has 2 aromatic rings. The Morgan fingerprint density at radius 3 is 2.81 bits per heavy atom. The molecule has 32 heavy (non-hydrogen) atoms. The van der Waals surface area contributed by atoms with E-state index in [4.69, 9.17) is 0 Å². The predicted molar refractivity (Wildman–Crippen MR) is 118 cm³/mol. The monoisotopic (exact) mass is 437 g/mol. The number of hydrogen-bond acceptors (Lipinski definition) is 4. The second-order valence-corrected chi connectivity index (χ2v) is 9.73. The van der Waals surface area contributed by atoms with Gasteiger partial charge in [0.15, 0.2) is 5.82 Å². The molecule has 0 bridgehead atoms. The Morgan fingerprint density at radius 2 is 2.09 bits per heavy atom. The largest absolute Gasteiger partial charge is 0.354 e. The number of halogens is 1. The van der Waals surface area contributed by atoms with Crippen molar-refractivity contribution in [2.45, 2.75) is 65.5 Å². The molecule has 2 aliphatic rings. The van der Waals surface area contributed by atoms with Crippen molar-refractivity contribution in [1.82, 2.24) is 14.9 Å². The number of nitrogens with zero attached hydrogens (tertiary/aromatic N) is 3. The number of aromatic nitrogens is 2. The topological polar surface area (TPSA) is 99.8 Å². The molecule has 2 N–H and O–H groups in total. The molecule has 0 radical (unpaired) electrons. The number of carbonyl (C=O) groups excluding carboxylic acids is 2. The van der Waals surface area contributed by atoms with Gasteiger partial charge in [-0.1, -0.05) is 20.3 Å². The molecule has 7 nitrogen and oxygen atoms in total. The first-order valence-electron chi connectivity index (χ1n) is 11.0. The molecule has 0 saturated heterocycles. The normalized spacial score (nSPS) is 21.5. The summed E-state index contributed by atoms with van der Waals surface area (Å²) in [6.45, 7) is 6.41. The highest BCUT2D eigenvalue weighted by Crippen LogP contribution is 2.39. The van der Waals surface area contributed by atoms with Crippen LogP contribution in [0, 0.1) is 28.5 Å². The van der Waals surface area contributed by atoms with Crippen molar-refractivity contribution >= 4 is 17.6 Å². The van der Waals surface area contributed by atoms with Crippen molar-refractivity contribution in [3.63, 3.8) is 0 Å². The Morgan fingerprint density at radius 1 is 1.31 bits per heavy atom. The fraction of sp³-hybridized carbons (Fsp3) is 0.500. The van der Waals surface area contributed by atoms with Crippen LogP contribution in [0.5, 0.6) is 0 Å². The molecular formula is C24H28FN5O2. The predicted octanol–water partition coefficient (Wildman–Crippen LogP) is 3.78. The SMILES string of the molecule is CC(=O)N[C@@H]1CCC[C@H](C(=O)Nc2cc(-c3cc(C#N)c4n3CC(C)(C)C4)c(F)cn2)C1. The van der Waals surface area contributed by atoms with Crippen LogP contribution in [0.25, 0.3) is 11.3 Å². The first kappa shape index (κ1) is 22.0. The summed E-state index contributed by atoms with van der Waals surface area (Å²) in [4.78, 5) is 28.3. The molecular weight excluding hydrogens is 409 g/mol. The van der Waals surface area contributed by atoms with Crippen molar-refractivity contribution < 1.29 is 14.0 Å². The van der Waals surface area contributed by atoms with E-state index in [2.05, 4.69) is 35.5 Å². The lowest BCUT2D eigenvalue weighted by molar-refractivity contribution is -0.123. The maximum Gasteiger partial charge on any atom is 0.228 e. The average Bonchev–Trinajstić information content (AvgIpc) is 3.21. The molecule has 1 fully saturated rings.